The number of aliphatic hydroxyl groups excluding tert-OH is 1. The summed E-state index contributed by atoms with van der Waals surface area (Å²) in [7, 11) is 0. The highest BCUT2D eigenvalue weighted by Crippen LogP contribution is 2.16. The summed E-state index contributed by atoms with van der Waals surface area (Å²) in [6.45, 7) is 3.73. The topological polar surface area (TPSA) is 78.4 Å². The van der Waals surface area contributed by atoms with Gasteiger partial charge < -0.3 is 15.7 Å². The zero-order valence-electron chi connectivity index (χ0n) is 14.6. The van der Waals surface area contributed by atoms with Crippen LogP contribution in [0.2, 0.25) is 0 Å². The smallest absolute Gasteiger partial charge is 0.243 e. The van der Waals surface area contributed by atoms with Crippen LogP contribution in [0.3, 0.4) is 0 Å². The van der Waals surface area contributed by atoms with Crippen LogP contribution < -0.4 is 10.6 Å². The van der Waals surface area contributed by atoms with Crippen molar-refractivity contribution in [2.75, 3.05) is 11.9 Å². The molecule has 2 aromatic carbocycles. The van der Waals surface area contributed by atoms with Crippen LogP contribution in [0.1, 0.15) is 28.7 Å². The zero-order chi connectivity index (χ0) is 18.2. The van der Waals surface area contributed by atoms with Gasteiger partial charge in [-0.1, -0.05) is 42.0 Å². The number of carbonyl (C=O) groups is 2. The van der Waals surface area contributed by atoms with Crippen LogP contribution in [0.4, 0.5) is 5.69 Å². The molecule has 0 fully saturated rings. The zero-order valence-corrected chi connectivity index (χ0v) is 14.6. The first-order chi connectivity index (χ1) is 12.0. The van der Waals surface area contributed by atoms with E-state index in [1.165, 1.54) is 5.56 Å². The maximum absolute atomic E-state index is 12.0. The van der Waals surface area contributed by atoms with E-state index in [1.54, 1.807) is 12.1 Å². The summed E-state index contributed by atoms with van der Waals surface area (Å²) < 4.78 is 0. The van der Waals surface area contributed by atoms with Gasteiger partial charge in [-0.15, -0.1) is 0 Å². The summed E-state index contributed by atoms with van der Waals surface area (Å²) >= 11 is 0. The number of amides is 2. The summed E-state index contributed by atoms with van der Waals surface area (Å²) in [6.07, 6.45) is 0.987. The quantitative estimate of drug-likeness (QED) is 0.724. The lowest BCUT2D eigenvalue weighted by atomic mass is 10.1. The van der Waals surface area contributed by atoms with Crippen LogP contribution in [-0.2, 0) is 22.6 Å². The molecule has 0 heterocycles. The van der Waals surface area contributed by atoms with Gasteiger partial charge in [0.2, 0.25) is 11.8 Å². The van der Waals surface area contributed by atoms with E-state index in [0.717, 1.165) is 16.7 Å². The van der Waals surface area contributed by atoms with Crippen molar-refractivity contribution in [3.8, 4) is 0 Å². The summed E-state index contributed by atoms with van der Waals surface area (Å²) in [5.41, 5.74) is 4.55. The Morgan fingerprint density at radius 1 is 0.960 bits per heavy atom. The molecule has 0 aliphatic carbocycles. The number of benzene rings is 2. The normalized spacial score (nSPS) is 10.4. The number of carbonyl (C=O) groups excluding carboxylic acids is 2. The minimum absolute atomic E-state index is 0.0739. The molecule has 132 valence electrons. The van der Waals surface area contributed by atoms with E-state index in [2.05, 4.69) is 10.6 Å². The molecule has 0 atom stereocenters. The number of hydrogen-bond donors (Lipinski definition) is 3. The van der Waals surface area contributed by atoms with Crippen molar-refractivity contribution in [3.63, 3.8) is 0 Å². The fourth-order valence-corrected chi connectivity index (χ4v) is 2.38. The molecule has 5 heteroatoms. The van der Waals surface area contributed by atoms with Crippen LogP contribution >= 0.6 is 0 Å². The number of nitrogens with one attached hydrogen (secondary N) is 2. The van der Waals surface area contributed by atoms with E-state index in [0.29, 0.717) is 18.5 Å². The first-order valence-corrected chi connectivity index (χ1v) is 8.30. The molecule has 0 bridgehead atoms. The van der Waals surface area contributed by atoms with Gasteiger partial charge >= 0.3 is 0 Å². The molecule has 0 saturated heterocycles. The third kappa shape index (κ3) is 6.04. The van der Waals surface area contributed by atoms with Gasteiger partial charge in [-0.3, -0.25) is 9.59 Å². The Kier molecular flexibility index (Phi) is 6.71. The lowest BCUT2D eigenvalue weighted by Gasteiger charge is -2.10. The van der Waals surface area contributed by atoms with Crippen molar-refractivity contribution in [2.45, 2.75) is 33.3 Å². The SMILES string of the molecule is Cc1ccc(CCC(=O)NCC(=O)Nc2cc(CO)ccc2C)cc1. The van der Waals surface area contributed by atoms with Gasteiger partial charge in [0.25, 0.3) is 0 Å². The molecule has 5 nitrogen and oxygen atoms in total. The largest absolute Gasteiger partial charge is 0.392 e. The van der Waals surface area contributed by atoms with Crippen LogP contribution in [0.5, 0.6) is 0 Å². The highest BCUT2D eigenvalue weighted by atomic mass is 16.3. The van der Waals surface area contributed by atoms with Crippen molar-refractivity contribution in [1.82, 2.24) is 5.32 Å². The second kappa shape index (κ2) is 8.99. The van der Waals surface area contributed by atoms with Gasteiger partial charge in [-0.25, -0.2) is 0 Å². The highest BCUT2D eigenvalue weighted by Gasteiger charge is 2.08. The lowest BCUT2D eigenvalue weighted by Crippen LogP contribution is -2.33. The summed E-state index contributed by atoms with van der Waals surface area (Å²) in [5.74, 6) is -0.446. The number of aliphatic hydroxyl groups is 1. The predicted octanol–water partition coefficient (Wildman–Crippen LogP) is 2.48. The van der Waals surface area contributed by atoms with Gasteiger partial charge in [0, 0.05) is 12.1 Å². The minimum Gasteiger partial charge on any atom is -0.392 e. The van der Waals surface area contributed by atoms with Gasteiger partial charge in [-0.05, 0) is 43.0 Å². The average Bonchev–Trinajstić information content (AvgIpc) is 2.61. The van der Waals surface area contributed by atoms with E-state index in [1.807, 2.05) is 44.2 Å². The first-order valence-electron chi connectivity index (χ1n) is 8.30. The van der Waals surface area contributed by atoms with Crippen LogP contribution in [0, 0.1) is 13.8 Å². The standard InChI is InChI=1S/C20H24N2O3/c1-14-3-6-16(7-4-14)9-10-19(24)21-12-20(25)22-18-11-17(13-23)8-5-15(18)2/h3-8,11,23H,9-10,12-13H2,1-2H3,(H,21,24)(H,22,25). The van der Waals surface area contributed by atoms with E-state index < -0.39 is 0 Å². The molecule has 3 N–H and O–H groups in total. The Morgan fingerprint density at radius 2 is 1.64 bits per heavy atom. The van der Waals surface area contributed by atoms with Crippen LogP contribution in [0.15, 0.2) is 42.5 Å². The molecule has 0 spiro atoms. The van der Waals surface area contributed by atoms with Crippen molar-refractivity contribution >= 4 is 17.5 Å². The fraction of sp³-hybridized carbons (Fsp3) is 0.300. The third-order valence-electron chi connectivity index (χ3n) is 3.97. The molecular weight excluding hydrogens is 316 g/mol. The van der Waals surface area contributed by atoms with Crippen molar-refractivity contribution < 1.29 is 14.7 Å². The number of hydrogen-bond acceptors (Lipinski definition) is 3. The molecule has 0 aliphatic heterocycles. The summed E-state index contributed by atoms with van der Waals surface area (Å²) in [5, 5.41) is 14.5. The number of anilines is 1. The monoisotopic (exact) mass is 340 g/mol. The first kappa shape index (κ1) is 18.7. The molecule has 2 rings (SSSR count). The summed E-state index contributed by atoms with van der Waals surface area (Å²) in [6, 6.07) is 13.4. The van der Waals surface area contributed by atoms with E-state index in [9.17, 15) is 9.59 Å². The Balaban J connectivity index is 1.77. The maximum atomic E-state index is 12.0. The van der Waals surface area contributed by atoms with Crippen molar-refractivity contribution in [1.29, 1.82) is 0 Å². The Hall–Kier alpha value is -2.66. The molecule has 25 heavy (non-hydrogen) atoms. The molecule has 0 saturated carbocycles. The molecule has 2 amide bonds. The molecular formula is C20H24N2O3. The van der Waals surface area contributed by atoms with E-state index >= 15 is 0 Å². The van der Waals surface area contributed by atoms with Gasteiger partial charge in [0.15, 0.2) is 0 Å². The molecule has 0 radical (unpaired) electrons. The lowest BCUT2D eigenvalue weighted by molar-refractivity contribution is -0.124. The second-order valence-electron chi connectivity index (χ2n) is 6.12. The Bertz CT molecular complexity index is 739. The van der Waals surface area contributed by atoms with E-state index in [-0.39, 0.29) is 25.0 Å². The molecule has 0 unspecified atom stereocenters. The number of rotatable bonds is 7. The maximum Gasteiger partial charge on any atom is 0.243 e. The van der Waals surface area contributed by atoms with Gasteiger partial charge in [0.05, 0.1) is 13.2 Å². The van der Waals surface area contributed by atoms with Crippen molar-refractivity contribution in [3.05, 3.63) is 64.7 Å². The minimum atomic E-state index is -0.290. The summed E-state index contributed by atoms with van der Waals surface area (Å²) in [4.78, 5) is 23.9. The van der Waals surface area contributed by atoms with Crippen molar-refractivity contribution in [2.24, 2.45) is 0 Å². The predicted molar refractivity (Wildman–Crippen MR) is 98.2 cm³/mol. The van der Waals surface area contributed by atoms with Gasteiger partial charge in [-0.2, -0.15) is 0 Å². The molecule has 0 aromatic heterocycles. The Morgan fingerprint density at radius 3 is 2.32 bits per heavy atom. The second-order valence-corrected chi connectivity index (χ2v) is 6.12. The van der Waals surface area contributed by atoms with E-state index in [4.69, 9.17) is 5.11 Å². The van der Waals surface area contributed by atoms with Gasteiger partial charge in [0.1, 0.15) is 0 Å². The fourth-order valence-electron chi connectivity index (χ4n) is 2.38. The highest BCUT2D eigenvalue weighted by molar-refractivity contribution is 5.95. The van der Waals surface area contributed by atoms with Crippen LogP contribution in [0.25, 0.3) is 0 Å². The molecule has 2 aromatic rings. The number of aryl methyl sites for hydroxylation is 3. The van der Waals surface area contributed by atoms with Crippen LogP contribution in [-0.4, -0.2) is 23.5 Å². The molecule has 0 aliphatic rings. The Labute approximate surface area is 148 Å². The third-order valence-corrected chi connectivity index (χ3v) is 3.97. The average molecular weight is 340 g/mol.